The Labute approximate surface area is 202 Å². The van der Waals surface area contributed by atoms with Gasteiger partial charge < -0.3 is 4.89 Å². The number of hydrogen-bond donors (Lipinski definition) is 1. The molecule has 0 aromatic rings. The Kier molecular flexibility index (Phi) is 7.64. The van der Waals surface area contributed by atoms with Gasteiger partial charge in [0.15, 0.2) is 0 Å². The van der Waals surface area contributed by atoms with Crippen molar-refractivity contribution in [1.29, 1.82) is 0 Å². The van der Waals surface area contributed by atoms with Crippen LogP contribution in [0.1, 0.15) is 105 Å². The van der Waals surface area contributed by atoms with E-state index >= 15 is 0 Å². The summed E-state index contributed by atoms with van der Waals surface area (Å²) in [6.45, 7) is 12.4. The summed E-state index contributed by atoms with van der Waals surface area (Å²) < 4.78 is 22.1. The average molecular weight is 481 g/mol. The summed E-state index contributed by atoms with van der Waals surface area (Å²) in [5, 5.41) is 0. The Bertz CT molecular complexity index is 778. The third-order valence-corrected chi connectivity index (χ3v) is 11.8. The van der Waals surface area contributed by atoms with Crippen LogP contribution < -0.4 is 0 Å². The van der Waals surface area contributed by atoms with Crippen LogP contribution in [0.3, 0.4) is 0 Å². The van der Waals surface area contributed by atoms with Gasteiger partial charge in [-0.15, -0.1) is 0 Å². The van der Waals surface area contributed by atoms with Crippen LogP contribution in [0.15, 0.2) is 11.6 Å². The van der Waals surface area contributed by atoms with Gasteiger partial charge in [0.05, 0.1) is 6.10 Å². The second-order valence-electron chi connectivity index (χ2n) is 12.9. The fourth-order valence-electron chi connectivity index (χ4n) is 8.97. The van der Waals surface area contributed by atoms with Crippen LogP contribution in [0.5, 0.6) is 0 Å². The average Bonchev–Trinajstić information content (AvgIpc) is 3.11. The molecule has 0 heterocycles. The molecule has 33 heavy (non-hydrogen) atoms. The van der Waals surface area contributed by atoms with E-state index in [0.717, 1.165) is 54.8 Å². The Balaban J connectivity index is 1.46. The van der Waals surface area contributed by atoms with Gasteiger partial charge in [0.25, 0.3) is 0 Å². The smallest absolute Gasteiger partial charge is 0.302 e. The van der Waals surface area contributed by atoms with Crippen molar-refractivity contribution >= 4 is 7.82 Å². The fourth-order valence-corrected chi connectivity index (χ4v) is 9.62. The highest BCUT2D eigenvalue weighted by Crippen LogP contribution is 2.67. The van der Waals surface area contributed by atoms with Crippen LogP contribution >= 0.6 is 7.82 Å². The molecule has 5 heteroatoms. The maximum Gasteiger partial charge on any atom is 0.472 e. The summed E-state index contributed by atoms with van der Waals surface area (Å²) in [4.78, 5) is 9.80. The Morgan fingerprint density at radius 1 is 1.09 bits per heavy atom. The minimum absolute atomic E-state index is 0.201. The lowest BCUT2D eigenvalue weighted by atomic mass is 9.47. The molecule has 0 aromatic heterocycles. The molecule has 0 amide bonds. The van der Waals surface area contributed by atoms with E-state index in [0.29, 0.717) is 5.41 Å². The van der Waals surface area contributed by atoms with E-state index in [1.54, 1.807) is 0 Å². The molecule has 3 fully saturated rings. The molecule has 9 atom stereocenters. The Morgan fingerprint density at radius 3 is 2.55 bits per heavy atom. The number of rotatable bonds is 8. The first-order valence-electron chi connectivity index (χ1n) is 13.8. The molecule has 190 valence electrons. The molecule has 0 bridgehead atoms. The normalized spacial score (nSPS) is 43.3. The summed E-state index contributed by atoms with van der Waals surface area (Å²) in [7, 11) is -2.67. The van der Waals surface area contributed by atoms with Crippen LogP contribution in [-0.4, -0.2) is 18.1 Å². The number of phosphoric ester groups is 1. The van der Waals surface area contributed by atoms with E-state index in [-0.39, 0.29) is 11.5 Å². The van der Waals surface area contributed by atoms with Gasteiger partial charge in [0, 0.05) is 7.11 Å². The monoisotopic (exact) mass is 480 g/mol. The van der Waals surface area contributed by atoms with Gasteiger partial charge in [0.1, 0.15) is 0 Å². The first-order valence-corrected chi connectivity index (χ1v) is 15.3. The molecule has 4 aliphatic carbocycles. The lowest BCUT2D eigenvalue weighted by Crippen LogP contribution is -2.51. The lowest BCUT2D eigenvalue weighted by molar-refractivity contribution is -0.0571. The molecule has 4 nitrogen and oxygen atoms in total. The molecular weight excluding hydrogens is 431 g/mol. The molecule has 4 aliphatic rings. The molecule has 3 saturated carbocycles. The standard InChI is InChI=1S/C28H49O4P/c1-19(2)8-7-9-20(3)24-12-13-25-23-11-10-21-18-22(32-33(29,30)31-6)14-16-27(21,4)26(23)15-17-28(24,25)5/h10,19-20,22-26H,7-9,11-18H2,1-6H3,(H,29,30)/t20-,22+,23+,24-,25+,26+,27+,28-/m1/s1. The highest BCUT2D eigenvalue weighted by Gasteiger charge is 2.59. The van der Waals surface area contributed by atoms with E-state index in [4.69, 9.17) is 4.52 Å². The van der Waals surface area contributed by atoms with E-state index < -0.39 is 7.82 Å². The van der Waals surface area contributed by atoms with Crippen molar-refractivity contribution < 1.29 is 18.5 Å². The van der Waals surface area contributed by atoms with Gasteiger partial charge in [0.2, 0.25) is 0 Å². The van der Waals surface area contributed by atoms with E-state index in [1.165, 1.54) is 64.0 Å². The van der Waals surface area contributed by atoms with Crippen molar-refractivity contribution in [2.45, 2.75) is 111 Å². The largest absolute Gasteiger partial charge is 0.472 e. The highest BCUT2D eigenvalue weighted by atomic mass is 31.2. The molecular formula is C28H49O4P. The van der Waals surface area contributed by atoms with Crippen molar-refractivity contribution in [3.8, 4) is 0 Å². The zero-order valence-corrected chi connectivity index (χ0v) is 22.9. The molecule has 0 aromatic carbocycles. The topological polar surface area (TPSA) is 55.8 Å². The molecule has 0 aliphatic heterocycles. The molecule has 0 radical (unpaired) electrons. The van der Waals surface area contributed by atoms with Crippen LogP contribution in [0, 0.1) is 46.3 Å². The Hall–Kier alpha value is -0.150. The predicted molar refractivity (Wildman–Crippen MR) is 135 cm³/mol. The van der Waals surface area contributed by atoms with Crippen molar-refractivity contribution in [2.24, 2.45) is 46.3 Å². The third-order valence-electron chi connectivity index (χ3n) is 10.8. The van der Waals surface area contributed by atoms with Crippen LogP contribution in [0.4, 0.5) is 0 Å². The molecule has 0 saturated heterocycles. The van der Waals surface area contributed by atoms with Crippen molar-refractivity contribution in [2.75, 3.05) is 7.11 Å². The van der Waals surface area contributed by atoms with E-state index in [2.05, 4.69) is 45.2 Å². The minimum atomic E-state index is -3.92. The number of fused-ring (bicyclic) bond motifs is 5. The van der Waals surface area contributed by atoms with Crippen LogP contribution in [0.2, 0.25) is 0 Å². The van der Waals surface area contributed by atoms with Gasteiger partial charge >= 0.3 is 7.82 Å². The summed E-state index contributed by atoms with van der Waals surface area (Å²) in [6.07, 6.45) is 15.9. The van der Waals surface area contributed by atoms with Crippen molar-refractivity contribution in [1.82, 2.24) is 0 Å². The molecule has 0 spiro atoms. The zero-order chi connectivity index (χ0) is 24.0. The number of allylic oxidation sites excluding steroid dienone is 1. The number of phosphoric acid groups is 1. The quantitative estimate of drug-likeness (QED) is 0.281. The summed E-state index contributed by atoms with van der Waals surface area (Å²) in [6, 6.07) is 0. The lowest BCUT2D eigenvalue weighted by Gasteiger charge is -2.58. The summed E-state index contributed by atoms with van der Waals surface area (Å²) in [5.41, 5.74) is 2.23. The van der Waals surface area contributed by atoms with Crippen molar-refractivity contribution in [3.63, 3.8) is 0 Å². The van der Waals surface area contributed by atoms with Gasteiger partial charge in [-0.2, -0.15) is 0 Å². The molecule has 1 N–H and O–H groups in total. The SMILES string of the molecule is COP(=O)(O)O[C@H]1CC[C@@]2(C)C(=CC[C@H]3[C@@H]4CC[C@H]([C@H](C)CCCC(C)C)[C@@]4(C)CC[C@@H]32)C1. The van der Waals surface area contributed by atoms with E-state index in [1.807, 2.05) is 0 Å². The maximum absolute atomic E-state index is 12.0. The van der Waals surface area contributed by atoms with Gasteiger partial charge in [-0.25, -0.2) is 4.57 Å². The molecule has 4 rings (SSSR count). The summed E-state index contributed by atoms with van der Waals surface area (Å²) >= 11 is 0. The minimum Gasteiger partial charge on any atom is -0.302 e. The fraction of sp³-hybridized carbons (Fsp3) is 0.929. The second kappa shape index (κ2) is 9.72. The van der Waals surface area contributed by atoms with Crippen LogP contribution in [-0.2, 0) is 13.6 Å². The van der Waals surface area contributed by atoms with Crippen molar-refractivity contribution in [3.05, 3.63) is 11.6 Å². The van der Waals surface area contributed by atoms with Crippen LogP contribution in [0.25, 0.3) is 0 Å². The highest BCUT2D eigenvalue weighted by molar-refractivity contribution is 7.47. The first-order chi connectivity index (χ1) is 15.5. The zero-order valence-electron chi connectivity index (χ0n) is 22.0. The molecule has 1 unspecified atom stereocenters. The predicted octanol–water partition coefficient (Wildman–Crippen LogP) is 8.16. The van der Waals surface area contributed by atoms with Gasteiger partial charge in [-0.3, -0.25) is 9.05 Å². The first kappa shape index (κ1) is 25.9. The van der Waals surface area contributed by atoms with Gasteiger partial charge in [-0.1, -0.05) is 65.5 Å². The summed E-state index contributed by atoms with van der Waals surface area (Å²) in [5.74, 6) is 5.00. The second-order valence-corrected chi connectivity index (χ2v) is 14.4. The van der Waals surface area contributed by atoms with Gasteiger partial charge in [-0.05, 0) is 97.7 Å². The van der Waals surface area contributed by atoms with E-state index in [9.17, 15) is 9.46 Å². The third kappa shape index (κ3) is 4.93. The maximum atomic E-state index is 12.0. The Morgan fingerprint density at radius 2 is 1.85 bits per heavy atom. The number of hydrogen-bond acceptors (Lipinski definition) is 3.